The molecule has 1 unspecified atom stereocenters. The molecule has 17 heavy (non-hydrogen) atoms. The maximum atomic E-state index is 13.0. The molecule has 0 saturated heterocycles. The topological polar surface area (TPSA) is 18.5 Å². The highest BCUT2D eigenvalue weighted by molar-refractivity contribution is 4.86. The van der Waals surface area contributed by atoms with Crippen molar-refractivity contribution in [1.82, 2.24) is 0 Å². The van der Waals surface area contributed by atoms with Crippen molar-refractivity contribution in [3.63, 3.8) is 0 Å². The number of halogens is 7. The van der Waals surface area contributed by atoms with Crippen LogP contribution in [0.25, 0.3) is 0 Å². The maximum absolute atomic E-state index is 13.0. The Morgan fingerprint density at radius 1 is 0.882 bits per heavy atom. The second kappa shape index (κ2) is 4.60. The van der Waals surface area contributed by atoms with E-state index in [1.54, 1.807) is 0 Å². The molecule has 0 aliphatic carbocycles. The van der Waals surface area contributed by atoms with Crippen LogP contribution in [0, 0.1) is 0 Å². The van der Waals surface area contributed by atoms with E-state index in [0.29, 0.717) is 6.92 Å². The van der Waals surface area contributed by atoms with Gasteiger partial charge >= 0.3 is 18.1 Å². The van der Waals surface area contributed by atoms with Crippen LogP contribution in [0.3, 0.4) is 0 Å². The number of hydrogen-bond donors (Lipinski definition) is 0. The predicted molar refractivity (Wildman–Crippen MR) is 42.7 cm³/mol. The van der Waals surface area contributed by atoms with Crippen molar-refractivity contribution in [2.24, 2.45) is 0 Å². The fourth-order valence-electron chi connectivity index (χ4n) is 0.701. The highest BCUT2D eigenvalue weighted by atomic mass is 19.4. The Labute approximate surface area is 92.7 Å². The molecule has 0 amide bonds. The molecule has 104 valence electrons. The lowest BCUT2D eigenvalue weighted by atomic mass is 10.2. The molecule has 1 atom stereocenters. The average molecular weight is 272 g/mol. The SMILES string of the molecule is CCC(C)(F)OC(F)(F)C(F)(F)C(F)(F)OC. The molecule has 0 fully saturated rings. The first-order valence-corrected chi connectivity index (χ1v) is 4.40. The number of alkyl halides is 7. The van der Waals surface area contributed by atoms with Crippen LogP contribution in [0.4, 0.5) is 30.7 Å². The first kappa shape index (κ1) is 16.4. The molecular weight excluding hydrogens is 261 g/mol. The van der Waals surface area contributed by atoms with Crippen LogP contribution in [-0.4, -0.2) is 31.1 Å². The third-order valence-corrected chi connectivity index (χ3v) is 1.96. The molecule has 0 aromatic heterocycles. The lowest BCUT2D eigenvalue weighted by molar-refractivity contribution is -0.469. The summed E-state index contributed by atoms with van der Waals surface area (Å²) in [6.45, 7) is 1.44. The summed E-state index contributed by atoms with van der Waals surface area (Å²) in [6.07, 6.45) is -11.9. The second-order valence-electron chi connectivity index (χ2n) is 3.37. The summed E-state index contributed by atoms with van der Waals surface area (Å²) in [5.74, 6) is -9.17. The summed E-state index contributed by atoms with van der Waals surface area (Å²) >= 11 is 0. The fraction of sp³-hybridized carbons (Fsp3) is 1.00. The number of hydrogen-bond acceptors (Lipinski definition) is 2. The third kappa shape index (κ3) is 3.21. The second-order valence-corrected chi connectivity index (χ2v) is 3.37. The molecule has 2 nitrogen and oxygen atoms in total. The molecule has 0 spiro atoms. The van der Waals surface area contributed by atoms with Crippen LogP contribution >= 0.6 is 0 Å². The first-order valence-electron chi connectivity index (χ1n) is 4.40. The van der Waals surface area contributed by atoms with Gasteiger partial charge in [-0.2, -0.15) is 26.3 Å². The van der Waals surface area contributed by atoms with Crippen molar-refractivity contribution in [2.75, 3.05) is 7.11 Å². The summed E-state index contributed by atoms with van der Waals surface area (Å²) in [6, 6.07) is 0. The molecular formula is C8H11F7O2. The van der Waals surface area contributed by atoms with Gasteiger partial charge in [0.2, 0.25) is 5.85 Å². The van der Waals surface area contributed by atoms with E-state index in [2.05, 4.69) is 9.47 Å². The lowest BCUT2D eigenvalue weighted by Crippen LogP contribution is -2.58. The van der Waals surface area contributed by atoms with Gasteiger partial charge in [0.25, 0.3) is 0 Å². The van der Waals surface area contributed by atoms with Crippen LogP contribution in [-0.2, 0) is 9.47 Å². The van der Waals surface area contributed by atoms with Crippen LogP contribution in [0.1, 0.15) is 20.3 Å². The van der Waals surface area contributed by atoms with Crippen molar-refractivity contribution in [1.29, 1.82) is 0 Å². The van der Waals surface area contributed by atoms with E-state index >= 15 is 0 Å². The monoisotopic (exact) mass is 272 g/mol. The van der Waals surface area contributed by atoms with Gasteiger partial charge < -0.3 is 4.74 Å². The summed E-state index contributed by atoms with van der Waals surface area (Å²) in [4.78, 5) is 0. The summed E-state index contributed by atoms with van der Waals surface area (Å²) in [5.41, 5.74) is 0. The van der Waals surface area contributed by atoms with Gasteiger partial charge in [0.1, 0.15) is 0 Å². The zero-order valence-electron chi connectivity index (χ0n) is 9.17. The highest BCUT2D eigenvalue weighted by Crippen LogP contribution is 2.48. The van der Waals surface area contributed by atoms with E-state index in [1.807, 2.05) is 0 Å². The lowest BCUT2D eigenvalue weighted by Gasteiger charge is -2.34. The zero-order chi connectivity index (χ0) is 14.1. The minimum Gasteiger partial charge on any atom is -0.319 e. The summed E-state index contributed by atoms with van der Waals surface area (Å²) < 4.78 is 95.1. The molecule has 0 aliphatic heterocycles. The van der Waals surface area contributed by atoms with Gasteiger partial charge in [-0.3, -0.25) is 4.74 Å². The smallest absolute Gasteiger partial charge is 0.319 e. The predicted octanol–water partition coefficient (Wildman–Crippen LogP) is 3.57. The standard InChI is InChI=1S/C8H11F7O2/c1-4-5(2,9)17-8(14,15)6(10,11)7(12,13)16-3/h4H2,1-3H3. The average Bonchev–Trinajstić information content (AvgIpc) is 2.15. The van der Waals surface area contributed by atoms with Crippen LogP contribution in [0.2, 0.25) is 0 Å². The van der Waals surface area contributed by atoms with Gasteiger partial charge in [-0.15, -0.1) is 0 Å². The molecule has 0 aliphatic rings. The Morgan fingerprint density at radius 3 is 1.59 bits per heavy atom. The van der Waals surface area contributed by atoms with Crippen LogP contribution in [0.15, 0.2) is 0 Å². The van der Waals surface area contributed by atoms with Gasteiger partial charge in [0.15, 0.2) is 0 Å². The molecule has 0 saturated carbocycles. The van der Waals surface area contributed by atoms with Crippen molar-refractivity contribution >= 4 is 0 Å². The van der Waals surface area contributed by atoms with Gasteiger partial charge in [0, 0.05) is 13.5 Å². The van der Waals surface area contributed by atoms with Gasteiger partial charge in [0.05, 0.1) is 0 Å². The Hall–Kier alpha value is -0.570. The van der Waals surface area contributed by atoms with E-state index in [1.165, 1.54) is 0 Å². The van der Waals surface area contributed by atoms with Gasteiger partial charge in [-0.1, -0.05) is 6.92 Å². The van der Waals surface area contributed by atoms with Crippen LogP contribution in [0.5, 0.6) is 0 Å². The molecule has 0 bridgehead atoms. The number of rotatable bonds is 6. The summed E-state index contributed by atoms with van der Waals surface area (Å²) in [5, 5.41) is 0. The fourth-order valence-corrected chi connectivity index (χ4v) is 0.701. The first-order chi connectivity index (χ1) is 7.33. The minimum atomic E-state index is -6.00. The minimum absolute atomic E-state index is 0.110. The Balaban J connectivity index is 5.17. The number of ether oxygens (including phenoxy) is 2. The van der Waals surface area contributed by atoms with Crippen molar-refractivity contribution in [2.45, 2.75) is 44.3 Å². The maximum Gasteiger partial charge on any atom is 0.431 e. The molecule has 0 radical (unpaired) electrons. The van der Waals surface area contributed by atoms with E-state index in [0.717, 1.165) is 6.92 Å². The number of methoxy groups -OCH3 is 1. The molecule has 0 aromatic rings. The quantitative estimate of drug-likeness (QED) is 0.688. The molecule has 0 N–H and O–H groups in total. The summed E-state index contributed by atoms with van der Waals surface area (Å²) in [7, 11) is 0.110. The molecule has 0 rings (SSSR count). The molecule has 0 heterocycles. The van der Waals surface area contributed by atoms with E-state index in [4.69, 9.17) is 0 Å². The highest BCUT2D eigenvalue weighted by Gasteiger charge is 2.75. The van der Waals surface area contributed by atoms with Crippen molar-refractivity contribution in [3.05, 3.63) is 0 Å². The van der Waals surface area contributed by atoms with Gasteiger partial charge in [-0.05, 0) is 6.92 Å². The Kier molecular flexibility index (Phi) is 4.45. The normalized spacial score (nSPS) is 18.0. The molecule has 0 aromatic carbocycles. The largest absolute Gasteiger partial charge is 0.431 e. The van der Waals surface area contributed by atoms with E-state index in [-0.39, 0.29) is 7.11 Å². The third-order valence-electron chi connectivity index (χ3n) is 1.96. The Bertz CT molecular complexity index is 265. The van der Waals surface area contributed by atoms with E-state index in [9.17, 15) is 30.7 Å². The van der Waals surface area contributed by atoms with E-state index < -0.39 is 30.4 Å². The van der Waals surface area contributed by atoms with Gasteiger partial charge in [-0.25, -0.2) is 4.39 Å². The molecule has 9 heteroatoms. The Morgan fingerprint density at radius 2 is 1.29 bits per heavy atom. The van der Waals surface area contributed by atoms with Crippen LogP contribution < -0.4 is 0 Å². The zero-order valence-corrected chi connectivity index (χ0v) is 9.17. The van der Waals surface area contributed by atoms with Crippen molar-refractivity contribution < 1.29 is 40.2 Å². The van der Waals surface area contributed by atoms with Crippen molar-refractivity contribution in [3.8, 4) is 0 Å².